The number of hydrogen-bond donors (Lipinski definition) is 2. The lowest BCUT2D eigenvalue weighted by Gasteiger charge is -2.21. The van der Waals surface area contributed by atoms with Crippen molar-refractivity contribution in [3.8, 4) is 5.75 Å². The summed E-state index contributed by atoms with van der Waals surface area (Å²) in [6.45, 7) is 7.38. The summed E-state index contributed by atoms with van der Waals surface area (Å²) in [5, 5.41) is 6.41. The van der Waals surface area contributed by atoms with Gasteiger partial charge in [0.1, 0.15) is 12.4 Å². The highest BCUT2D eigenvalue weighted by Crippen LogP contribution is 2.17. The van der Waals surface area contributed by atoms with Gasteiger partial charge in [-0.2, -0.15) is 4.31 Å². The second kappa shape index (κ2) is 11.0. The molecule has 0 unspecified atom stereocenters. The quantitative estimate of drug-likeness (QED) is 0.362. The lowest BCUT2D eigenvalue weighted by atomic mass is 10.2. The predicted molar refractivity (Wildman–Crippen MR) is 121 cm³/mol. The maximum atomic E-state index is 12.5. The third-order valence-electron chi connectivity index (χ3n) is 4.70. The molecule has 0 spiro atoms. The maximum Gasteiger partial charge on any atom is 0.243 e. The van der Waals surface area contributed by atoms with Gasteiger partial charge in [-0.1, -0.05) is 29.8 Å². The number of rotatable bonds is 9. The Labute approximate surface area is 180 Å². The minimum Gasteiger partial charge on any atom is -0.492 e. The molecule has 7 nitrogen and oxygen atoms in total. The molecule has 0 aliphatic rings. The Hall–Kier alpha value is -2.58. The van der Waals surface area contributed by atoms with Gasteiger partial charge in [0, 0.05) is 26.7 Å². The van der Waals surface area contributed by atoms with E-state index in [1.165, 1.54) is 9.87 Å². The van der Waals surface area contributed by atoms with E-state index < -0.39 is 10.0 Å². The Kier molecular flexibility index (Phi) is 8.68. The summed E-state index contributed by atoms with van der Waals surface area (Å²) < 4.78 is 32.1. The normalized spacial score (nSPS) is 12.3. The van der Waals surface area contributed by atoms with Crippen LogP contribution in [0.2, 0.25) is 0 Å². The second-order valence-electron chi connectivity index (χ2n) is 7.27. The van der Waals surface area contributed by atoms with E-state index >= 15 is 0 Å². The van der Waals surface area contributed by atoms with Gasteiger partial charge in [0.05, 0.1) is 11.4 Å². The molecule has 2 aromatic rings. The van der Waals surface area contributed by atoms with E-state index in [1.807, 2.05) is 57.2 Å². The fourth-order valence-electron chi connectivity index (χ4n) is 2.60. The van der Waals surface area contributed by atoms with Gasteiger partial charge < -0.3 is 15.4 Å². The molecular weight excluding hydrogens is 400 g/mol. The van der Waals surface area contributed by atoms with Crippen molar-refractivity contribution in [1.29, 1.82) is 0 Å². The molecule has 0 saturated heterocycles. The van der Waals surface area contributed by atoms with Gasteiger partial charge in [-0.15, -0.1) is 0 Å². The number of nitrogens with one attached hydrogen (secondary N) is 2. The summed E-state index contributed by atoms with van der Waals surface area (Å²) in [6.07, 6.45) is 0. The third-order valence-corrected chi connectivity index (χ3v) is 6.74. The number of nitrogens with zero attached hydrogens (tertiary/aromatic N) is 2. The van der Waals surface area contributed by atoms with Gasteiger partial charge in [0.2, 0.25) is 10.0 Å². The van der Waals surface area contributed by atoms with E-state index in [4.69, 9.17) is 4.74 Å². The van der Waals surface area contributed by atoms with Crippen molar-refractivity contribution < 1.29 is 13.2 Å². The standard InChI is InChI=1S/C22H32N4O3S/c1-17(2)26(5)30(27,28)21-12-8-19(9-13-21)16-25-22(23-4)24-14-15-29-20-10-6-18(3)7-11-20/h6-13,17H,14-16H2,1-5H3,(H2,23,24,25). The molecule has 2 rings (SSSR count). The molecule has 0 atom stereocenters. The Morgan fingerprint density at radius 1 is 1.07 bits per heavy atom. The number of sulfonamides is 1. The highest BCUT2D eigenvalue weighted by molar-refractivity contribution is 7.89. The summed E-state index contributed by atoms with van der Waals surface area (Å²) in [6, 6.07) is 14.7. The number of benzene rings is 2. The number of ether oxygens (including phenoxy) is 1. The van der Waals surface area contributed by atoms with Crippen molar-refractivity contribution in [3.05, 3.63) is 59.7 Å². The zero-order valence-corrected chi connectivity index (χ0v) is 19.2. The van der Waals surface area contributed by atoms with E-state index in [0.717, 1.165) is 11.3 Å². The average Bonchev–Trinajstić information content (AvgIpc) is 2.74. The second-order valence-corrected chi connectivity index (χ2v) is 9.27. The first-order valence-corrected chi connectivity index (χ1v) is 11.4. The molecular formula is C22H32N4O3S. The summed E-state index contributed by atoms with van der Waals surface area (Å²) >= 11 is 0. The summed E-state index contributed by atoms with van der Waals surface area (Å²) in [5.74, 6) is 1.49. The van der Waals surface area contributed by atoms with Crippen molar-refractivity contribution in [3.63, 3.8) is 0 Å². The van der Waals surface area contributed by atoms with Gasteiger partial charge >= 0.3 is 0 Å². The van der Waals surface area contributed by atoms with Crippen molar-refractivity contribution in [1.82, 2.24) is 14.9 Å². The Morgan fingerprint density at radius 3 is 2.27 bits per heavy atom. The molecule has 0 aliphatic heterocycles. The van der Waals surface area contributed by atoms with Gasteiger partial charge in [-0.25, -0.2) is 8.42 Å². The van der Waals surface area contributed by atoms with Crippen LogP contribution in [0.15, 0.2) is 58.4 Å². The van der Waals surface area contributed by atoms with Gasteiger partial charge in [-0.05, 0) is 50.6 Å². The minimum absolute atomic E-state index is 0.0965. The summed E-state index contributed by atoms with van der Waals surface area (Å²) in [7, 11) is -0.175. The van der Waals surface area contributed by atoms with E-state index in [-0.39, 0.29) is 6.04 Å². The van der Waals surface area contributed by atoms with Crippen molar-refractivity contribution in [2.45, 2.75) is 38.3 Å². The molecule has 0 aliphatic carbocycles. The van der Waals surface area contributed by atoms with Gasteiger partial charge in [0.25, 0.3) is 0 Å². The van der Waals surface area contributed by atoms with Crippen LogP contribution in [0.3, 0.4) is 0 Å². The first kappa shape index (κ1) is 23.7. The molecule has 0 bridgehead atoms. The first-order chi connectivity index (χ1) is 14.2. The molecule has 0 heterocycles. The number of aryl methyl sites for hydroxylation is 1. The van der Waals surface area contributed by atoms with Crippen molar-refractivity contribution in [2.75, 3.05) is 27.2 Å². The number of aliphatic imine (C=N–C) groups is 1. The van der Waals surface area contributed by atoms with Crippen LogP contribution in [0.4, 0.5) is 0 Å². The maximum absolute atomic E-state index is 12.5. The fraction of sp³-hybridized carbons (Fsp3) is 0.409. The Bertz CT molecular complexity index is 924. The summed E-state index contributed by atoms with van der Waals surface area (Å²) in [5.41, 5.74) is 2.16. The van der Waals surface area contributed by atoms with Crippen LogP contribution in [0, 0.1) is 6.92 Å². The average molecular weight is 433 g/mol. The van der Waals surface area contributed by atoms with E-state index in [1.54, 1.807) is 26.2 Å². The topological polar surface area (TPSA) is 83.0 Å². The van der Waals surface area contributed by atoms with Gasteiger partial charge in [-0.3, -0.25) is 4.99 Å². The van der Waals surface area contributed by atoms with Crippen LogP contribution in [-0.4, -0.2) is 52.0 Å². The first-order valence-electron chi connectivity index (χ1n) is 9.95. The molecule has 0 fully saturated rings. The Balaban J connectivity index is 1.81. The minimum atomic E-state index is -3.47. The zero-order valence-electron chi connectivity index (χ0n) is 18.3. The molecule has 0 aromatic heterocycles. The molecule has 2 aromatic carbocycles. The SMILES string of the molecule is CN=C(NCCOc1ccc(C)cc1)NCc1ccc(S(=O)(=O)N(C)C(C)C)cc1. The lowest BCUT2D eigenvalue weighted by Crippen LogP contribution is -2.38. The smallest absolute Gasteiger partial charge is 0.243 e. The molecule has 8 heteroatoms. The van der Waals surface area contributed by atoms with E-state index in [9.17, 15) is 8.42 Å². The van der Waals surface area contributed by atoms with Crippen LogP contribution in [0.5, 0.6) is 5.75 Å². The Morgan fingerprint density at radius 2 is 1.70 bits per heavy atom. The molecule has 30 heavy (non-hydrogen) atoms. The highest BCUT2D eigenvalue weighted by Gasteiger charge is 2.22. The summed E-state index contributed by atoms with van der Waals surface area (Å²) in [4.78, 5) is 4.49. The molecule has 2 N–H and O–H groups in total. The molecule has 0 saturated carbocycles. The lowest BCUT2D eigenvalue weighted by molar-refractivity contribution is 0.322. The monoisotopic (exact) mass is 432 g/mol. The third kappa shape index (κ3) is 6.74. The van der Waals surface area contributed by atoms with E-state index in [0.29, 0.717) is 30.6 Å². The number of hydrogen-bond acceptors (Lipinski definition) is 4. The molecule has 0 amide bonds. The van der Waals surface area contributed by atoms with Crippen LogP contribution >= 0.6 is 0 Å². The van der Waals surface area contributed by atoms with E-state index in [2.05, 4.69) is 15.6 Å². The van der Waals surface area contributed by atoms with Crippen LogP contribution in [0.1, 0.15) is 25.0 Å². The predicted octanol–water partition coefficient (Wildman–Crippen LogP) is 2.77. The van der Waals surface area contributed by atoms with Crippen molar-refractivity contribution >= 4 is 16.0 Å². The fourth-order valence-corrected chi connectivity index (χ4v) is 3.97. The highest BCUT2D eigenvalue weighted by atomic mass is 32.2. The zero-order chi connectivity index (χ0) is 22.1. The van der Waals surface area contributed by atoms with Crippen LogP contribution in [0.25, 0.3) is 0 Å². The van der Waals surface area contributed by atoms with Crippen LogP contribution in [-0.2, 0) is 16.6 Å². The van der Waals surface area contributed by atoms with Gasteiger partial charge in [0.15, 0.2) is 5.96 Å². The largest absolute Gasteiger partial charge is 0.492 e. The van der Waals surface area contributed by atoms with Crippen LogP contribution < -0.4 is 15.4 Å². The molecule has 0 radical (unpaired) electrons. The van der Waals surface area contributed by atoms with Crippen molar-refractivity contribution in [2.24, 2.45) is 4.99 Å². The molecule has 164 valence electrons. The number of guanidine groups is 1.